The molecule has 1 aromatic rings. The molecule has 1 aliphatic heterocycles. The molecule has 0 aromatic heterocycles. The molecule has 2 rings (SSSR count). The van der Waals surface area contributed by atoms with Crippen molar-refractivity contribution in [3.8, 4) is 0 Å². The van der Waals surface area contributed by atoms with Crippen LogP contribution >= 0.6 is 0 Å². The van der Waals surface area contributed by atoms with E-state index in [9.17, 15) is 14.0 Å². The van der Waals surface area contributed by atoms with Gasteiger partial charge in [-0.25, -0.2) is 14.1 Å². The van der Waals surface area contributed by atoms with Crippen molar-refractivity contribution in [2.75, 3.05) is 4.90 Å². The molecule has 1 aliphatic rings. The van der Waals surface area contributed by atoms with E-state index in [1.807, 2.05) is 0 Å². The summed E-state index contributed by atoms with van der Waals surface area (Å²) in [5.74, 6) is -1.01. The molecule has 3 amide bonds. The van der Waals surface area contributed by atoms with Gasteiger partial charge >= 0.3 is 6.03 Å². The van der Waals surface area contributed by atoms with Crippen LogP contribution in [0.4, 0.5) is 14.9 Å². The van der Waals surface area contributed by atoms with E-state index in [0.29, 0.717) is 0 Å². The van der Waals surface area contributed by atoms with Crippen LogP contribution in [0.3, 0.4) is 0 Å². The van der Waals surface area contributed by atoms with Crippen LogP contribution in [0.2, 0.25) is 0 Å². The van der Waals surface area contributed by atoms with Gasteiger partial charge < -0.3 is 5.32 Å². The second kappa shape index (κ2) is 4.05. The lowest BCUT2D eigenvalue weighted by atomic mass is 9.72. The second-order valence-corrected chi connectivity index (χ2v) is 5.77. The lowest BCUT2D eigenvalue weighted by Gasteiger charge is -2.48. The van der Waals surface area contributed by atoms with Gasteiger partial charge in [-0.05, 0) is 39.8 Å². The summed E-state index contributed by atoms with van der Waals surface area (Å²) in [5.41, 5.74) is -1.54. The molecule has 1 heterocycles. The fourth-order valence-corrected chi connectivity index (χ4v) is 1.97. The second-order valence-electron chi connectivity index (χ2n) is 5.77. The summed E-state index contributed by atoms with van der Waals surface area (Å²) in [6.45, 7) is 7.04. The maximum absolute atomic E-state index is 13.8. The molecule has 102 valence electrons. The molecule has 4 nitrogen and oxygen atoms in total. The fourth-order valence-electron chi connectivity index (χ4n) is 1.97. The average molecular weight is 264 g/mol. The minimum absolute atomic E-state index is 0.0198. The fraction of sp³-hybridized carbons (Fsp3) is 0.429. The summed E-state index contributed by atoms with van der Waals surface area (Å²) >= 11 is 0. The smallest absolute Gasteiger partial charge is 0.329 e. The van der Waals surface area contributed by atoms with Crippen LogP contribution in [0.25, 0.3) is 0 Å². The summed E-state index contributed by atoms with van der Waals surface area (Å²) in [6.07, 6.45) is 0. The van der Waals surface area contributed by atoms with Gasteiger partial charge in [-0.3, -0.25) is 4.79 Å². The van der Waals surface area contributed by atoms with Crippen LogP contribution < -0.4 is 10.2 Å². The number of anilines is 1. The Bertz CT molecular complexity index is 552. The molecule has 0 spiro atoms. The molecule has 0 saturated carbocycles. The van der Waals surface area contributed by atoms with Gasteiger partial charge in [0.2, 0.25) is 5.91 Å². The third kappa shape index (κ3) is 1.89. The summed E-state index contributed by atoms with van der Waals surface area (Å²) in [7, 11) is 0. The quantitative estimate of drug-likeness (QED) is 0.847. The van der Waals surface area contributed by atoms with Gasteiger partial charge in [-0.2, -0.15) is 0 Å². The Morgan fingerprint density at radius 1 is 1.11 bits per heavy atom. The normalized spacial score (nSPS) is 21.2. The van der Waals surface area contributed by atoms with Crippen LogP contribution in [0.5, 0.6) is 0 Å². The maximum atomic E-state index is 13.8. The lowest BCUT2D eigenvalue weighted by molar-refractivity contribution is -0.130. The number of urea groups is 1. The number of hydrogen-bond acceptors (Lipinski definition) is 2. The Kier molecular flexibility index (Phi) is 2.88. The van der Waals surface area contributed by atoms with Gasteiger partial charge in [0.15, 0.2) is 0 Å². The molecule has 5 heteroatoms. The molecule has 0 radical (unpaired) electrons. The van der Waals surface area contributed by atoms with E-state index in [2.05, 4.69) is 5.32 Å². The number of benzene rings is 1. The number of imide groups is 1. The molecular formula is C14H17FN2O2. The average Bonchev–Trinajstić information content (AvgIpc) is 2.29. The van der Waals surface area contributed by atoms with Gasteiger partial charge in [0, 0.05) is 0 Å². The topological polar surface area (TPSA) is 49.4 Å². The van der Waals surface area contributed by atoms with E-state index in [4.69, 9.17) is 0 Å². The van der Waals surface area contributed by atoms with Crippen molar-refractivity contribution in [3.05, 3.63) is 30.1 Å². The number of nitrogens with one attached hydrogen (secondary N) is 1. The van der Waals surface area contributed by atoms with E-state index in [1.165, 1.54) is 18.2 Å². The van der Waals surface area contributed by atoms with E-state index in [1.54, 1.807) is 33.8 Å². The molecule has 1 fully saturated rings. The zero-order valence-electron chi connectivity index (χ0n) is 11.5. The van der Waals surface area contributed by atoms with Crippen LogP contribution in [0, 0.1) is 11.2 Å². The Labute approximate surface area is 111 Å². The SMILES string of the molecule is CC1(C)NC(=O)N(c2ccccc2F)C(=O)C1(C)C. The first-order valence-electron chi connectivity index (χ1n) is 6.10. The van der Waals surface area contributed by atoms with Crippen LogP contribution in [-0.4, -0.2) is 17.5 Å². The number of carbonyl (C=O) groups excluding carboxylic acids is 2. The first kappa shape index (κ1) is 13.5. The van der Waals surface area contributed by atoms with Crippen molar-refractivity contribution in [2.24, 2.45) is 5.41 Å². The summed E-state index contributed by atoms with van der Waals surface area (Å²) in [5, 5.41) is 2.75. The highest BCUT2D eigenvalue weighted by Crippen LogP contribution is 2.38. The molecule has 0 atom stereocenters. The third-order valence-electron chi connectivity index (χ3n) is 4.02. The van der Waals surface area contributed by atoms with Crippen molar-refractivity contribution < 1.29 is 14.0 Å². The van der Waals surface area contributed by atoms with Crippen molar-refractivity contribution in [3.63, 3.8) is 0 Å². The van der Waals surface area contributed by atoms with Crippen LogP contribution in [0.1, 0.15) is 27.7 Å². The number of carbonyl (C=O) groups is 2. The van der Waals surface area contributed by atoms with E-state index >= 15 is 0 Å². The number of rotatable bonds is 1. The van der Waals surface area contributed by atoms with Gasteiger partial charge in [-0.1, -0.05) is 12.1 Å². The summed E-state index contributed by atoms with van der Waals surface area (Å²) in [6, 6.07) is 5.15. The molecule has 1 saturated heterocycles. The first-order chi connectivity index (χ1) is 8.68. The van der Waals surface area contributed by atoms with Crippen molar-refractivity contribution in [2.45, 2.75) is 33.2 Å². The Hall–Kier alpha value is -1.91. The molecule has 0 aliphatic carbocycles. The summed E-state index contributed by atoms with van der Waals surface area (Å²) < 4.78 is 13.8. The van der Waals surface area contributed by atoms with Crippen molar-refractivity contribution >= 4 is 17.6 Å². The predicted molar refractivity (Wildman–Crippen MR) is 70.3 cm³/mol. The number of halogens is 1. The van der Waals surface area contributed by atoms with Crippen LogP contribution in [-0.2, 0) is 4.79 Å². The molecule has 19 heavy (non-hydrogen) atoms. The monoisotopic (exact) mass is 264 g/mol. The molecule has 0 bridgehead atoms. The Balaban J connectivity index is 2.52. The number of nitrogens with zero attached hydrogens (tertiary/aromatic N) is 1. The molecule has 1 aromatic carbocycles. The summed E-state index contributed by atoms with van der Waals surface area (Å²) in [4.78, 5) is 25.5. The van der Waals surface area contributed by atoms with Crippen molar-refractivity contribution in [1.82, 2.24) is 5.32 Å². The van der Waals surface area contributed by atoms with Crippen molar-refractivity contribution in [1.29, 1.82) is 0 Å². The minimum atomic E-state index is -0.830. The van der Waals surface area contributed by atoms with Gasteiger partial charge in [0.25, 0.3) is 0 Å². The van der Waals surface area contributed by atoms with Gasteiger partial charge in [0.05, 0.1) is 16.6 Å². The number of hydrogen-bond donors (Lipinski definition) is 1. The Morgan fingerprint density at radius 2 is 1.68 bits per heavy atom. The molecule has 0 unspecified atom stereocenters. The minimum Gasteiger partial charge on any atom is -0.331 e. The first-order valence-corrected chi connectivity index (χ1v) is 6.10. The van der Waals surface area contributed by atoms with E-state index in [0.717, 1.165) is 4.90 Å². The van der Waals surface area contributed by atoms with Gasteiger partial charge in [-0.15, -0.1) is 0 Å². The number of para-hydroxylation sites is 1. The highest BCUT2D eigenvalue weighted by Gasteiger charge is 2.52. The maximum Gasteiger partial charge on any atom is 0.329 e. The highest BCUT2D eigenvalue weighted by molar-refractivity contribution is 6.18. The zero-order valence-corrected chi connectivity index (χ0v) is 11.5. The molecular weight excluding hydrogens is 247 g/mol. The number of amides is 3. The molecule has 1 N–H and O–H groups in total. The zero-order chi connectivity index (χ0) is 14.4. The third-order valence-corrected chi connectivity index (χ3v) is 4.02. The van der Waals surface area contributed by atoms with Gasteiger partial charge in [0.1, 0.15) is 5.82 Å². The lowest BCUT2D eigenvalue weighted by Crippen LogP contribution is -2.69. The van der Waals surface area contributed by atoms with E-state index < -0.39 is 28.7 Å². The standard InChI is InChI=1S/C14H17FN2O2/c1-13(2)11(18)17(12(19)16-14(13,3)4)10-8-6-5-7-9(10)15/h5-8H,1-4H3,(H,16,19). The predicted octanol–water partition coefficient (Wildman–Crippen LogP) is 2.69. The van der Waals surface area contributed by atoms with Crippen LogP contribution in [0.15, 0.2) is 24.3 Å². The van der Waals surface area contributed by atoms with E-state index in [-0.39, 0.29) is 5.69 Å². The Morgan fingerprint density at radius 3 is 2.26 bits per heavy atom. The highest BCUT2D eigenvalue weighted by atomic mass is 19.1. The largest absolute Gasteiger partial charge is 0.331 e.